The fourth-order valence-electron chi connectivity index (χ4n) is 5.52. The van der Waals surface area contributed by atoms with E-state index in [1.54, 1.807) is 14.2 Å². The molecular formula is C43H55Cl2N5O2. The third kappa shape index (κ3) is 13.0. The number of nitrogens with zero attached hydrogens (tertiary/aromatic N) is 5. The zero-order valence-electron chi connectivity index (χ0n) is 32.2. The quantitative estimate of drug-likeness (QED) is 0.168. The van der Waals surface area contributed by atoms with Gasteiger partial charge in [0.15, 0.2) is 42.7 Å². The summed E-state index contributed by atoms with van der Waals surface area (Å²) in [6.07, 6.45) is 12.8. The molecule has 0 radical (unpaired) electrons. The molecule has 0 saturated carbocycles. The summed E-state index contributed by atoms with van der Waals surface area (Å²) in [6.45, 7) is 6.25. The van der Waals surface area contributed by atoms with Crippen LogP contribution >= 0.6 is 0 Å². The van der Waals surface area contributed by atoms with Crippen molar-refractivity contribution in [2.24, 2.45) is 0 Å². The lowest BCUT2D eigenvalue weighted by Crippen LogP contribution is -3.00. The van der Waals surface area contributed by atoms with Gasteiger partial charge in [0.25, 0.3) is 0 Å². The molecule has 0 N–H and O–H groups in total. The first-order chi connectivity index (χ1) is 24.1. The second-order valence-electron chi connectivity index (χ2n) is 13.2. The third-order valence-electron chi connectivity index (χ3n) is 8.53. The molecule has 0 unspecified atom stereocenters. The Hall–Kier alpha value is -4.40. The number of halogens is 2. The molecule has 5 rings (SSSR count). The lowest BCUT2D eigenvalue weighted by Gasteiger charge is -2.12. The molecule has 52 heavy (non-hydrogen) atoms. The molecule has 0 atom stereocenters. The van der Waals surface area contributed by atoms with Gasteiger partial charge in [-0.3, -0.25) is 0 Å². The van der Waals surface area contributed by atoms with Crippen LogP contribution in [0.5, 0.6) is 11.5 Å². The Morgan fingerprint density at radius 1 is 0.596 bits per heavy atom. The van der Waals surface area contributed by atoms with E-state index in [-0.39, 0.29) is 24.8 Å². The van der Waals surface area contributed by atoms with Gasteiger partial charge in [-0.15, -0.1) is 0 Å². The first kappa shape index (κ1) is 43.8. The predicted molar refractivity (Wildman–Crippen MR) is 211 cm³/mol. The molecule has 7 nitrogen and oxygen atoms in total. The van der Waals surface area contributed by atoms with Gasteiger partial charge in [-0.05, 0) is 80.8 Å². The maximum Gasteiger partial charge on any atom is 0.213 e. The van der Waals surface area contributed by atoms with Gasteiger partial charge in [0.2, 0.25) is 5.52 Å². The molecule has 2 aromatic heterocycles. The fraction of sp³-hybridized carbons (Fsp3) is 0.302. The summed E-state index contributed by atoms with van der Waals surface area (Å²) in [4.78, 5) is 6.53. The number of para-hydroxylation sites is 1. The minimum absolute atomic E-state index is 0. The minimum atomic E-state index is 0. The molecule has 0 aliphatic rings. The number of aromatic nitrogens is 2. The minimum Gasteiger partial charge on any atom is -1.00 e. The summed E-state index contributed by atoms with van der Waals surface area (Å²) in [7, 11) is 15.8. The van der Waals surface area contributed by atoms with E-state index >= 15 is 0 Å². The van der Waals surface area contributed by atoms with E-state index in [2.05, 4.69) is 176 Å². The molecule has 3 aromatic carbocycles. The normalized spacial score (nSPS) is 11.0. The molecular weight excluding hydrogens is 689 g/mol. The van der Waals surface area contributed by atoms with Crippen LogP contribution in [0.2, 0.25) is 0 Å². The number of ether oxygens (including phenoxy) is 2. The van der Waals surface area contributed by atoms with E-state index in [1.807, 2.05) is 18.2 Å². The van der Waals surface area contributed by atoms with Crippen molar-refractivity contribution in [3.05, 3.63) is 125 Å². The highest BCUT2D eigenvalue weighted by atomic mass is 35.5. The molecule has 9 heteroatoms. The van der Waals surface area contributed by atoms with E-state index in [1.165, 1.54) is 39.0 Å². The standard InChI is InChI=1S/C24H30N3.C19H25N2O2.2ClH/c1-19-18-21(13-10-20-11-14-22(15-12-20)26(4)5)23-8-6-7-9-24(23)27(19)17-16-25(2)3;1-20(2)13-14-21-11-9-16(10-12-21)5-6-17-7-8-18(22-3)19(15-17)23-4;;/h6-15,18H,16-17H2,1-5H3;5-12,15H,13-14H2,1-4H3;2*1H/q2*+1;;/p-2. The van der Waals surface area contributed by atoms with Gasteiger partial charge in [0, 0.05) is 51.0 Å². The van der Waals surface area contributed by atoms with Crippen LogP contribution in [0.1, 0.15) is 27.9 Å². The molecule has 0 amide bonds. The monoisotopic (exact) mass is 743 g/mol. The van der Waals surface area contributed by atoms with Crippen molar-refractivity contribution in [1.82, 2.24) is 9.80 Å². The molecule has 0 fully saturated rings. The Balaban J connectivity index is 0.000000351. The Kier molecular flexibility index (Phi) is 18.4. The van der Waals surface area contributed by atoms with Crippen LogP contribution in [-0.2, 0) is 13.1 Å². The summed E-state index contributed by atoms with van der Waals surface area (Å²) in [5.41, 5.74) is 8.52. The average Bonchev–Trinajstić information content (AvgIpc) is 3.12. The van der Waals surface area contributed by atoms with Crippen LogP contribution in [0.3, 0.4) is 0 Å². The Bertz CT molecular complexity index is 1870. The van der Waals surface area contributed by atoms with Gasteiger partial charge < -0.3 is 49.0 Å². The van der Waals surface area contributed by atoms with Gasteiger partial charge >= 0.3 is 0 Å². The van der Waals surface area contributed by atoms with Gasteiger partial charge in [0.05, 0.1) is 32.7 Å². The van der Waals surface area contributed by atoms with Crippen LogP contribution in [-0.4, -0.2) is 79.4 Å². The molecule has 0 aliphatic heterocycles. The number of pyridine rings is 2. The summed E-state index contributed by atoms with van der Waals surface area (Å²) in [5, 5.41) is 1.29. The Labute approximate surface area is 324 Å². The van der Waals surface area contributed by atoms with Crippen molar-refractivity contribution in [1.29, 1.82) is 0 Å². The Morgan fingerprint density at radius 3 is 1.77 bits per heavy atom. The maximum absolute atomic E-state index is 5.32. The zero-order valence-corrected chi connectivity index (χ0v) is 33.7. The molecule has 5 aromatic rings. The lowest BCUT2D eigenvalue weighted by atomic mass is 10.0. The summed E-state index contributed by atoms with van der Waals surface area (Å²) in [5.74, 6) is 1.48. The summed E-state index contributed by atoms with van der Waals surface area (Å²) in [6, 6.07) is 29.8. The van der Waals surface area contributed by atoms with Crippen LogP contribution in [0.25, 0.3) is 35.2 Å². The third-order valence-corrected chi connectivity index (χ3v) is 8.53. The predicted octanol–water partition coefficient (Wildman–Crippen LogP) is 0.965. The first-order valence-corrected chi connectivity index (χ1v) is 17.1. The van der Waals surface area contributed by atoms with Gasteiger partial charge in [0.1, 0.15) is 0 Å². The number of anilines is 1. The van der Waals surface area contributed by atoms with Crippen molar-refractivity contribution in [3.63, 3.8) is 0 Å². The highest BCUT2D eigenvalue weighted by molar-refractivity contribution is 5.89. The van der Waals surface area contributed by atoms with Gasteiger partial charge in [-0.2, -0.15) is 4.57 Å². The maximum atomic E-state index is 5.32. The average molecular weight is 745 g/mol. The highest BCUT2D eigenvalue weighted by Gasteiger charge is 2.15. The van der Waals surface area contributed by atoms with Crippen LogP contribution in [0.4, 0.5) is 5.69 Å². The SMILES string of the molecule is COc1ccc(C=Cc2cc[n+](CCN(C)C)cc2)cc1OC.Cc1cc(C=Cc2ccc(N(C)C)cc2)c2ccccc2[n+]1CCN(C)C.[Cl-].[Cl-]. The number of rotatable bonds is 13. The van der Waals surface area contributed by atoms with Gasteiger partial charge in [-0.1, -0.05) is 54.6 Å². The molecule has 0 spiro atoms. The van der Waals surface area contributed by atoms with Crippen molar-refractivity contribution in [2.75, 3.05) is 74.5 Å². The van der Waals surface area contributed by atoms with E-state index in [0.29, 0.717) is 0 Å². The van der Waals surface area contributed by atoms with Crippen LogP contribution < -0.4 is 48.3 Å². The second kappa shape index (κ2) is 21.8. The zero-order chi connectivity index (χ0) is 36.0. The largest absolute Gasteiger partial charge is 1.00 e. The molecule has 0 saturated heterocycles. The van der Waals surface area contributed by atoms with Gasteiger partial charge in [-0.25, -0.2) is 4.57 Å². The first-order valence-electron chi connectivity index (χ1n) is 17.1. The Morgan fingerprint density at radius 2 is 1.15 bits per heavy atom. The van der Waals surface area contributed by atoms with Crippen LogP contribution in [0, 0.1) is 6.92 Å². The van der Waals surface area contributed by atoms with Crippen molar-refractivity contribution < 1.29 is 43.4 Å². The highest BCUT2D eigenvalue weighted by Crippen LogP contribution is 2.28. The number of hydrogen-bond acceptors (Lipinski definition) is 5. The molecule has 2 heterocycles. The topological polar surface area (TPSA) is 35.9 Å². The molecule has 0 bridgehead atoms. The van der Waals surface area contributed by atoms with E-state index in [4.69, 9.17) is 9.47 Å². The number of aryl methyl sites for hydroxylation is 1. The summed E-state index contributed by atoms with van der Waals surface area (Å²) >= 11 is 0. The van der Waals surface area contributed by atoms with Crippen molar-refractivity contribution in [2.45, 2.75) is 20.0 Å². The lowest BCUT2D eigenvalue weighted by molar-refractivity contribution is -0.696. The fourth-order valence-corrected chi connectivity index (χ4v) is 5.52. The van der Waals surface area contributed by atoms with E-state index < -0.39 is 0 Å². The number of hydrogen-bond donors (Lipinski definition) is 0. The number of benzene rings is 3. The van der Waals surface area contributed by atoms with E-state index in [9.17, 15) is 0 Å². The number of likely N-dealkylation sites (N-methyl/N-ethyl adjacent to an activating group) is 2. The number of fused-ring (bicyclic) bond motifs is 1. The van der Waals surface area contributed by atoms with E-state index in [0.717, 1.165) is 43.2 Å². The van der Waals surface area contributed by atoms with Crippen molar-refractivity contribution >= 4 is 40.9 Å². The molecule has 278 valence electrons. The van der Waals surface area contributed by atoms with Crippen LogP contribution in [0.15, 0.2) is 97.3 Å². The summed E-state index contributed by atoms with van der Waals surface area (Å²) < 4.78 is 15.2. The smallest absolute Gasteiger partial charge is 0.213 e. The molecule has 0 aliphatic carbocycles. The number of methoxy groups -OCH3 is 2. The van der Waals surface area contributed by atoms with Crippen molar-refractivity contribution in [3.8, 4) is 11.5 Å². The second-order valence-corrected chi connectivity index (χ2v) is 13.2.